The number of nitrogens with zero attached hydrogens (tertiary/aromatic N) is 4. The summed E-state index contributed by atoms with van der Waals surface area (Å²) >= 11 is 23.5. The number of carbonyl (C=O) groups is 2. The molecule has 1 heterocycles. The summed E-state index contributed by atoms with van der Waals surface area (Å²) in [5.74, 6) is -0.511. The Morgan fingerprint density at radius 3 is 1.65 bits per heavy atom. The van der Waals surface area contributed by atoms with Crippen LogP contribution < -0.4 is 10.6 Å². The molecule has 0 radical (unpaired) electrons. The van der Waals surface area contributed by atoms with Gasteiger partial charge in [0.2, 0.25) is 12.8 Å². The number of nitrogens with one attached hydrogen (secondary N) is 4. The molecule has 0 aliphatic rings. The first-order valence-corrected chi connectivity index (χ1v) is 14.3. The van der Waals surface area contributed by atoms with Crippen molar-refractivity contribution in [3.05, 3.63) is 117 Å². The molecular formula is C31H32Cl4N8O2Pd. The maximum Gasteiger partial charge on any atom is 2.00 e. The summed E-state index contributed by atoms with van der Waals surface area (Å²) in [4.78, 5) is 29.7. The second-order valence-electron chi connectivity index (χ2n) is 9.00. The molecule has 3 aromatic carbocycles. The molecule has 0 atom stereocenters. The summed E-state index contributed by atoms with van der Waals surface area (Å²) in [6.45, 7) is 0. The molecule has 0 saturated carbocycles. The predicted octanol–water partition coefficient (Wildman–Crippen LogP) is 8.12. The van der Waals surface area contributed by atoms with Gasteiger partial charge in [0.05, 0.1) is 0 Å². The predicted molar refractivity (Wildman–Crippen MR) is 188 cm³/mol. The zero-order valence-electron chi connectivity index (χ0n) is 25.2. The first kappa shape index (κ1) is 42.3. The molecule has 0 bridgehead atoms. The molecule has 4 aromatic rings. The number of rotatable bonds is 5. The molecule has 2 amide bonds. The second kappa shape index (κ2) is 23.6. The zero-order valence-corrected chi connectivity index (χ0v) is 29.7. The van der Waals surface area contributed by atoms with E-state index in [1.165, 1.54) is 9.80 Å². The fourth-order valence-corrected chi connectivity index (χ4v) is 3.82. The SMILES string of the molecule is CN(C)C=O.CN(C)C=O.N=C(/N=C(\[NH-])Nc1cc(Cl)cc(Cl)c1)Nc1cc(Cl)cc(Cl)c1.[Pd+2].[c-]1ccccc1-c1ccccn1. The molecule has 15 heteroatoms. The van der Waals surface area contributed by atoms with Crippen molar-refractivity contribution in [3.63, 3.8) is 0 Å². The van der Waals surface area contributed by atoms with Gasteiger partial charge >= 0.3 is 20.4 Å². The number of amides is 2. The Morgan fingerprint density at radius 1 is 0.804 bits per heavy atom. The van der Waals surface area contributed by atoms with Gasteiger partial charge in [0, 0.05) is 66.1 Å². The molecule has 0 saturated heterocycles. The summed E-state index contributed by atoms with van der Waals surface area (Å²) in [7, 11) is 6.75. The molecule has 0 aliphatic heterocycles. The topological polar surface area (TPSA) is 138 Å². The third kappa shape index (κ3) is 19.6. The van der Waals surface area contributed by atoms with E-state index < -0.39 is 0 Å². The summed E-state index contributed by atoms with van der Waals surface area (Å²) in [5.41, 5.74) is 10.8. The molecular weight excluding hydrogens is 765 g/mol. The van der Waals surface area contributed by atoms with Crippen LogP contribution in [-0.4, -0.2) is 67.7 Å². The summed E-state index contributed by atoms with van der Waals surface area (Å²) < 4.78 is 0. The number of carbonyl (C=O) groups excluding carboxylic acids is 2. The van der Waals surface area contributed by atoms with E-state index in [0.29, 0.717) is 31.5 Å². The van der Waals surface area contributed by atoms with Crippen LogP contribution in [0.2, 0.25) is 20.1 Å². The molecule has 0 aliphatic carbocycles. The molecule has 0 unspecified atom stereocenters. The van der Waals surface area contributed by atoms with Gasteiger partial charge < -0.3 is 36.1 Å². The van der Waals surface area contributed by atoms with Crippen LogP contribution in [0.15, 0.2) is 90.1 Å². The van der Waals surface area contributed by atoms with Crippen LogP contribution in [0.4, 0.5) is 11.4 Å². The molecule has 0 fully saturated rings. The normalized spacial score (nSPS) is 9.61. The number of halogens is 4. The Balaban J connectivity index is 0.000000729. The van der Waals surface area contributed by atoms with Crippen molar-refractivity contribution in [3.8, 4) is 11.3 Å². The van der Waals surface area contributed by atoms with Crippen molar-refractivity contribution >= 4 is 82.5 Å². The van der Waals surface area contributed by atoms with Crippen LogP contribution in [-0.2, 0) is 30.0 Å². The number of hydrogen-bond donors (Lipinski definition) is 3. The van der Waals surface area contributed by atoms with E-state index >= 15 is 0 Å². The third-order valence-electron chi connectivity index (χ3n) is 4.55. The minimum absolute atomic E-state index is 0. The van der Waals surface area contributed by atoms with Gasteiger partial charge in [-0.15, -0.1) is 35.9 Å². The number of hydrogen-bond acceptors (Lipinski definition) is 4. The zero-order chi connectivity index (χ0) is 33.8. The van der Waals surface area contributed by atoms with E-state index in [1.54, 1.807) is 70.8 Å². The van der Waals surface area contributed by atoms with Crippen LogP contribution in [0, 0.1) is 11.5 Å². The van der Waals surface area contributed by atoms with Gasteiger partial charge in [0.1, 0.15) is 5.96 Å². The van der Waals surface area contributed by atoms with Gasteiger partial charge in [-0.2, -0.15) is 0 Å². The van der Waals surface area contributed by atoms with Crippen LogP contribution in [0.25, 0.3) is 17.0 Å². The van der Waals surface area contributed by atoms with E-state index in [4.69, 9.17) is 57.5 Å². The average Bonchev–Trinajstić information content (AvgIpc) is 2.97. The molecule has 46 heavy (non-hydrogen) atoms. The van der Waals surface area contributed by atoms with E-state index in [9.17, 15) is 9.59 Å². The van der Waals surface area contributed by atoms with Gasteiger partial charge in [0.15, 0.2) is 0 Å². The quantitative estimate of drug-likeness (QED) is 0.0616. The smallest absolute Gasteiger partial charge is 0.412 e. The molecule has 4 rings (SSSR count). The number of guanidine groups is 2. The van der Waals surface area contributed by atoms with Crippen LogP contribution >= 0.6 is 46.4 Å². The van der Waals surface area contributed by atoms with Gasteiger partial charge in [-0.3, -0.25) is 15.0 Å². The van der Waals surface area contributed by atoms with E-state index in [0.717, 1.165) is 24.1 Å². The molecule has 10 nitrogen and oxygen atoms in total. The largest absolute Gasteiger partial charge is 2.00 e. The summed E-state index contributed by atoms with van der Waals surface area (Å²) in [5, 5.41) is 14.8. The summed E-state index contributed by atoms with van der Waals surface area (Å²) in [6.07, 6.45) is 3.29. The van der Waals surface area contributed by atoms with Crippen molar-refractivity contribution in [2.75, 3.05) is 38.8 Å². The van der Waals surface area contributed by atoms with Crippen LogP contribution in [0.3, 0.4) is 0 Å². The van der Waals surface area contributed by atoms with E-state index in [1.807, 2.05) is 42.5 Å². The second-order valence-corrected chi connectivity index (χ2v) is 10.8. The van der Waals surface area contributed by atoms with Gasteiger partial charge in [-0.05, 0) is 53.8 Å². The number of anilines is 2. The number of pyridine rings is 1. The van der Waals surface area contributed by atoms with Crippen molar-refractivity contribution in [2.24, 2.45) is 4.99 Å². The van der Waals surface area contributed by atoms with Crippen LogP contribution in [0.5, 0.6) is 0 Å². The Hall–Kier alpha value is -3.69. The number of aliphatic imine (C=N–C) groups is 1. The maximum absolute atomic E-state index is 9.43. The van der Waals surface area contributed by atoms with E-state index in [2.05, 4.69) is 26.7 Å². The minimum atomic E-state index is -0.256. The van der Waals surface area contributed by atoms with Crippen molar-refractivity contribution in [2.45, 2.75) is 0 Å². The number of aromatic nitrogens is 1. The third-order valence-corrected chi connectivity index (χ3v) is 5.42. The van der Waals surface area contributed by atoms with Crippen molar-refractivity contribution < 1.29 is 30.0 Å². The Kier molecular flexibility index (Phi) is 21.7. The molecule has 246 valence electrons. The first-order valence-electron chi connectivity index (χ1n) is 12.8. The van der Waals surface area contributed by atoms with Gasteiger partial charge in [-0.1, -0.05) is 58.5 Å². The first-order chi connectivity index (χ1) is 21.3. The Labute approximate surface area is 303 Å². The molecule has 1 aromatic heterocycles. The minimum Gasteiger partial charge on any atom is -0.412 e. The average molecular weight is 797 g/mol. The fraction of sp³-hybridized carbons (Fsp3) is 0.129. The van der Waals surface area contributed by atoms with Crippen molar-refractivity contribution in [1.29, 1.82) is 5.41 Å². The monoisotopic (exact) mass is 794 g/mol. The fourth-order valence-electron chi connectivity index (χ4n) is 2.77. The van der Waals surface area contributed by atoms with Gasteiger partial charge in [-0.25, -0.2) is 0 Å². The Morgan fingerprint density at radius 2 is 1.26 bits per heavy atom. The standard InChI is InChI=1S/C14H10Cl4N5.C11H8N.2C3H7NO.Pd/c15-7-1-8(16)4-11(3-7)21-13(19)23-14(20)22-12-5-9(17)2-10(18)6-12;1-2-6-10(7-3-1)11-8-4-5-9-12-11;2*1-4(2)3-5;/h1-6H,(H4-,19,20,21,22,23);1-6,8-9H;2*3H,1-2H3;/q2*-1;;;+2. The summed E-state index contributed by atoms with van der Waals surface area (Å²) in [6, 6.07) is 26.3. The number of benzene rings is 3. The molecule has 0 spiro atoms. The van der Waals surface area contributed by atoms with E-state index in [-0.39, 0.29) is 32.3 Å². The Bertz CT molecular complexity index is 1440. The van der Waals surface area contributed by atoms with Crippen LogP contribution in [0.1, 0.15) is 0 Å². The van der Waals surface area contributed by atoms with Gasteiger partial charge in [0.25, 0.3) is 0 Å². The maximum atomic E-state index is 9.43. The molecule has 4 N–H and O–H groups in total. The van der Waals surface area contributed by atoms with Crippen molar-refractivity contribution in [1.82, 2.24) is 14.8 Å².